The highest BCUT2D eigenvalue weighted by Crippen LogP contribution is 2.42. The van der Waals surface area contributed by atoms with E-state index in [1.807, 2.05) is 0 Å². The Balaban J connectivity index is 2.05. The van der Waals surface area contributed by atoms with E-state index in [1.165, 1.54) is 18.2 Å². The van der Waals surface area contributed by atoms with Gasteiger partial charge in [0.25, 0.3) is 0 Å². The highest BCUT2D eigenvalue weighted by atomic mass is 19.1. The van der Waals surface area contributed by atoms with Gasteiger partial charge in [0, 0.05) is 24.1 Å². The van der Waals surface area contributed by atoms with E-state index in [4.69, 9.17) is 5.73 Å². The average molecular weight is 252 g/mol. The van der Waals surface area contributed by atoms with E-state index in [-0.39, 0.29) is 23.9 Å². The molecule has 0 spiro atoms. The van der Waals surface area contributed by atoms with Gasteiger partial charge in [0.05, 0.1) is 6.04 Å². The molecule has 0 aromatic heterocycles. The lowest BCUT2D eigenvalue weighted by atomic mass is 9.99. The Kier molecular flexibility index (Phi) is 2.59. The van der Waals surface area contributed by atoms with Crippen molar-refractivity contribution in [1.82, 2.24) is 4.90 Å². The van der Waals surface area contributed by atoms with Crippen LogP contribution in [-0.4, -0.2) is 22.9 Å². The number of carbonyl (C=O) groups is 1. The van der Waals surface area contributed by atoms with Crippen LogP contribution in [-0.2, 0) is 4.79 Å². The number of carbonyl (C=O) groups excluding carboxylic acids is 1. The van der Waals surface area contributed by atoms with Crippen LogP contribution in [0.15, 0.2) is 18.2 Å². The summed E-state index contributed by atoms with van der Waals surface area (Å²) in [6, 6.07) is 2.64. The zero-order chi connectivity index (χ0) is 12.9. The first kappa shape index (κ1) is 11.6. The number of rotatable bonds is 2. The van der Waals surface area contributed by atoms with Crippen LogP contribution >= 0.6 is 0 Å². The lowest BCUT2D eigenvalue weighted by Crippen LogP contribution is -2.35. The first-order chi connectivity index (χ1) is 8.59. The fourth-order valence-corrected chi connectivity index (χ4v) is 2.71. The van der Waals surface area contributed by atoms with Crippen molar-refractivity contribution in [3.63, 3.8) is 0 Å². The van der Waals surface area contributed by atoms with Crippen LogP contribution in [0.3, 0.4) is 0 Å². The third-order valence-electron chi connectivity index (χ3n) is 3.64. The summed E-state index contributed by atoms with van der Waals surface area (Å²) >= 11 is 0. The monoisotopic (exact) mass is 252 g/mol. The molecule has 0 bridgehead atoms. The normalized spacial score (nSPS) is 27.9. The number of halogens is 2. The first-order valence-electron chi connectivity index (χ1n) is 6.10. The van der Waals surface area contributed by atoms with Crippen LogP contribution in [0.25, 0.3) is 0 Å². The van der Waals surface area contributed by atoms with E-state index >= 15 is 0 Å². The molecule has 1 aromatic rings. The summed E-state index contributed by atoms with van der Waals surface area (Å²) in [6.45, 7) is 0. The van der Waals surface area contributed by atoms with Gasteiger partial charge in [-0.05, 0) is 25.0 Å². The molecule has 2 atom stereocenters. The first-order valence-corrected chi connectivity index (χ1v) is 6.10. The van der Waals surface area contributed by atoms with Gasteiger partial charge in [-0.2, -0.15) is 0 Å². The van der Waals surface area contributed by atoms with Gasteiger partial charge in [-0.3, -0.25) is 4.79 Å². The summed E-state index contributed by atoms with van der Waals surface area (Å²) in [7, 11) is 0. The fraction of sp³-hybridized carbons (Fsp3) is 0.462. The molecule has 1 amide bonds. The maximum Gasteiger partial charge on any atom is 0.225 e. The summed E-state index contributed by atoms with van der Waals surface area (Å²) in [5, 5.41) is 0. The minimum Gasteiger partial charge on any atom is -0.331 e. The van der Waals surface area contributed by atoms with E-state index in [0.29, 0.717) is 0 Å². The van der Waals surface area contributed by atoms with Crippen molar-refractivity contribution in [2.75, 3.05) is 0 Å². The molecule has 1 aliphatic carbocycles. The van der Waals surface area contributed by atoms with Crippen LogP contribution in [0.4, 0.5) is 8.78 Å². The van der Waals surface area contributed by atoms with Crippen molar-refractivity contribution in [2.24, 2.45) is 5.73 Å². The minimum absolute atomic E-state index is 0.0669. The number of nitrogens with two attached hydrogens (primary N) is 1. The molecule has 3 nitrogen and oxygen atoms in total. The standard InChI is InChI=1S/C13H14F2N2O/c14-8-2-1-3-9(15)12(8)13-10(16)6-11(18)17(13)7-4-5-7/h1-3,7,10,13H,4-6,16H2. The number of likely N-dealkylation sites (tertiary alicyclic amines) is 1. The smallest absolute Gasteiger partial charge is 0.225 e. The van der Waals surface area contributed by atoms with E-state index in [2.05, 4.69) is 0 Å². The van der Waals surface area contributed by atoms with Crippen molar-refractivity contribution in [1.29, 1.82) is 0 Å². The van der Waals surface area contributed by atoms with Gasteiger partial charge in [-0.1, -0.05) is 6.07 Å². The molecule has 18 heavy (non-hydrogen) atoms. The van der Waals surface area contributed by atoms with Crippen LogP contribution in [0.1, 0.15) is 30.9 Å². The molecule has 2 unspecified atom stereocenters. The molecule has 1 aliphatic heterocycles. The van der Waals surface area contributed by atoms with Crippen LogP contribution in [0.2, 0.25) is 0 Å². The van der Waals surface area contributed by atoms with Gasteiger partial charge in [-0.25, -0.2) is 8.78 Å². The molecule has 96 valence electrons. The summed E-state index contributed by atoms with van der Waals surface area (Å²) in [6.07, 6.45) is 1.95. The van der Waals surface area contributed by atoms with Gasteiger partial charge in [0.15, 0.2) is 0 Å². The average Bonchev–Trinajstić information content (AvgIpc) is 3.07. The van der Waals surface area contributed by atoms with E-state index < -0.39 is 23.7 Å². The van der Waals surface area contributed by atoms with Gasteiger partial charge in [-0.15, -0.1) is 0 Å². The molecule has 2 fully saturated rings. The van der Waals surface area contributed by atoms with Crippen molar-refractivity contribution in [2.45, 2.75) is 37.4 Å². The zero-order valence-corrected chi connectivity index (χ0v) is 9.77. The van der Waals surface area contributed by atoms with Crippen molar-refractivity contribution < 1.29 is 13.6 Å². The molecular weight excluding hydrogens is 238 g/mol. The lowest BCUT2D eigenvalue weighted by Gasteiger charge is -2.27. The Labute approximate surface area is 104 Å². The third-order valence-corrected chi connectivity index (χ3v) is 3.64. The van der Waals surface area contributed by atoms with Crippen molar-refractivity contribution in [3.8, 4) is 0 Å². The van der Waals surface area contributed by atoms with Crippen LogP contribution < -0.4 is 5.73 Å². The Morgan fingerprint density at radius 2 is 1.83 bits per heavy atom. The second-order valence-corrected chi connectivity index (χ2v) is 4.98. The number of amides is 1. The highest BCUT2D eigenvalue weighted by molar-refractivity contribution is 5.81. The van der Waals surface area contributed by atoms with Crippen LogP contribution in [0, 0.1) is 11.6 Å². The number of benzene rings is 1. The molecule has 5 heteroatoms. The molecular formula is C13H14F2N2O. The minimum atomic E-state index is -0.661. The van der Waals surface area contributed by atoms with Gasteiger partial charge in [0.1, 0.15) is 11.6 Å². The summed E-state index contributed by atoms with van der Waals surface area (Å²) < 4.78 is 27.7. The van der Waals surface area contributed by atoms with Gasteiger partial charge < -0.3 is 10.6 Å². The summed E-state index contributed by atoms with van der Waals surface area (Å²) in [4.78, 5) is 13.4. The third kappa shape index (κ3) is 1.70. The Bertz CT molecular complexity index is 482. The maximum absolute atomic E-state index is 13.8. The SMILES string of the molecule is NC1CC(=O)N(C2CC2)C1c1c(F)cccc1F. The quantitative estimate of drug-likeness (QED) is 0.871. The van der Waals surface area contributed by atoms with Crippen molar-refractivity contribution in [3.05, 3.63) is 35.4 Å². The summed E-state index contributed by atoms with van der Waals surface area (Å²) in [5.74, 6) is -1.36. The lowest BCUT2D eigenvalue weighted by molar-refractivity contribution is -0.129. The number of nitrogens with zero attached hydrogens (tertiary/aromatic N) is 1. The molecule has 2 N–H and O–H groups in total. The summed E-state index contributed by atoms with van der Waals surface area (Å²) in [5.41, 5.74) is 5.83. The second kappa shape index (κ2) is 4.02. The van der Waals surface area contributed by atoms with E-state index in [0.717, 1.165) is 12.8 Å². The molecule has 3 rings (SSSR count). The predicted molar refractivity (Wildman–Crippen MR) is 61.6 cm³/mol. The van der Waals surface area contributed by atoms with Gasteiger partial charge in [0.2, 0.25) is 5.91 Å². The molecule has 1 heterocycles. The Morgan fingerprint density at radius 3 is 2.39 bits per heavy atom. The molecule has 1 saturated carbocycles. The fourth-order valence-electron chi connectivity index (χ4n) is 2.71. The maximum atomic E-state index is 13.8. The largest absolute Gasteiger partial charge is 0.331 e. The Morgan fingerprint density at radius 1 is 1.22 bits per heavy atom. The number of hydrogen-bond donors (Lipinski definition) is 1. The molecule has 2 aliphatic rings. The predicted octanol–water partition coefficient (Wildman–Crippen LogP) is 1.73. The van der Waals surface area contributed by atoms with Gasteiger partial charge >= 0.3 is 0 Å². The van der Waals surface area contributed by atoms with E-state index in [1.54, 1.807) is 4.90 Å². The molecule has 1 aromatic carbocycles. The number of hydrogen-bond acceptors (Lipinski definition) is 2. The zero-order valence-electron chi connectivity index (χ0n) is 9.77. The Hall–Kier alpha value is -1.49. The molecule has 1 saturated heterocycles. The second-order valence-electron chi connectivity index (χ2n) is 4.98. The van der Waals surface area contributed by atoms with Crippen LogP contribution in [0.5, 0.6) is 0 Å². The van der Waals surface area contributed by atoms with Crippen molar-refractivity contribution >= 4 is 5.91 Å². The topological polar surface area (TPSA) is 46.3 Å². The van der Waals surface area contributed by atoms with E-state index in [9.17, 15) is 13.6 Å². The highest BCUT2D eigenvalue weighted by Gasteiger charge is 2.47. The molecule has 0 radical (unpaired) electrons.